The molecule has 0 unspecified atom stereocenters. The van der Waals surface area contributed by atoms with Crippen molar-refractivity contribution >= 4 is 24.8 Å². The molecule has 0 amide bonds. The minimum absolute atomic E-state index is 0.00151. The average Bonchev–Trinajstić information content (AvgIpc) is 2.37. The van der Waals surface area contributed by atoms with Gasteiger partial charge in [-0.05, 0) is 12.6 Å². The Balaban J connectivity index is 1.92. The van der Waals surface area contributed by atoms with E-state index in [2.05, 4.69) is 0 Å². The van der Waals surface area contributed by atoms with Gasteiger partial charge in [-0.3, -0.25) is 19.3 Å². The lowest BCUT2D eigenvalue weighted by molar-refractivity contribution is -0.145. The Labute approximate surface area is 123 Å². The highest BCUT2D eigenvalue weighted by molar-refractivity contribution is 6.53. The van der Waals surface area contributed by atoms with Crippen molar-refractivity contribution in [3.63, 3.8) is 0 Å². The number of nitrogens with zero attached hydrogens (tertiary/aromatic N) is 1. The average molecular weight is 289 g/mol. The summed E-state index contributed by atoms with van der Waals surface area (Å²) >= 11 is 0. The van der Waals surface area contributed by atoms with Gasteiger partial charge in [0.15, 0.2) is 0 Å². The van der Waals surface area contributed by atoms with Crippen molar-refractivity contribution in [1.29, 1.82) is 0 Å². The highest BCUT2D eigenvalue weighted by Crippen LogP contribution is 2.08. The van der Waals surface area contributed by atoms with Gasteiger partial charge in [0.05, 0.1) is 19.4 Å². The van der Waals surface area contributed by atoms with Gasteiger partial charge in [0, 0.05) is 6.42 Å². The number of ketones is 1. The van der Waals surface area contributed by atoms with Crippen LogP contribution in [0.3, 0.4) is 0 Å². The van der Waals surface area contributed by atoms with E-state index in [0.717, 1.165) is 5.56 Å². The first-order valence-electron chi connectivity index (χ1n) is 6.66. The summed E-state index contributed by atoms with van der Waals surface area (Å²) in [7, 11) is 0.485. The van der Waals surface area contributed by atoms with Crippen molar-refractivity contribution < 1.29 is 23.7 Å². The molecule has 1 aromatic rings. The number of benzene rings is 1. The number of hydrogen-bond donors (Lipinski definition) is 0. The highest BCUT2D eigenvalue weighted by Gasteiger charge is 2.33. The Morgan fingerprint density at radius 1 is 1.14 bits per heavy atom. The summed E-state index contributed by atoms with van der Waals surface area (Å²) in [6.07, 6.45) is 0.0857. The van der Waals surface area contributed by atoms with Gasteiger partial charge < -0.3 is 9.31 Å². The predicted molar refractivity (Wildman–Crippen MR) is 75.4 cm³/mol. The van der Waals surface area contributed by atoms with E-state index in [0.29, 0.717) is 0 Å². The fraction of sp³-hybridized carbons (Fsp3) is 0.357. The molecule has 0 bridgehead atoms. The van der Waals surface area contributed by atoms with E-state index in [1.54, 1.807) is 7.05 Å². The molecule has 1 aliphatic rings. The third-order valence-corrected chi connectivity index (χ3v) is 2.96. The molecule has 110 valence electrons. The van der Waals surface area contributed by atoms with Crippen molar-refractivity contribution in [2.45, 2.75) is 12.7 Å². The Kier molecular flexibility index (Phi) is 5.11. The minimum atomic E-state index is -1.13. The molecule has 1 heterocycles. The Morgan fingerprint density at radius 2 is 1.71 bits per heavy atom. The molecule has 6 nitrogen and oxygen atoms in total. The lowest BCUT2D eigenvalue weighted by Gasteiger charge is -2.22. The summed E-state index contributed by atoms with van der Waals surface area (Å²) in [5.41, 5.74) is 0.866. The SMILES string of the molecule is CN1CC(=O)OB(CC(=O)Cc2ccccc2)OC(=O)C1. The zero-order chi connectivity index (χ0) is 15.2. The van der Waals surface area contributed by atoms with Crippen molar-refractivity contribution in [3.05, 3.63) is 35.9 Å². The Morgan fingerprint density at radius 3 is 2.29 bits per heavy atom. The summed E-state index contributed by atoms with van der Waals surface area (Å²) in [6, 6.07) is 9.22. The van der Waals surface area contributed by atoms with Crippen molar-refractivity contribution in [3.8, 4) is 0 Å². The summed E-state index contributed by atoms with van der Waals surface area (Å²) in [4.78, 5) is 36.5. The summed E-state index contributed by atoms with van der Waals surface area (Å²) in [6.45, 7) is -0.00302. The molecule has 0 spiro atoms. The molecule has 1 aromatic carbocycles. The maximum absolute atomic E-state index is 12.0. The molecule has 0 aromatic heterocycles. The second-order valence-corrected chi connectivity index (χ2v) is 4.99. The van der Waals surface area contributed by atoms with Gasteiger partial charge in [0.1, 0.15) is 5.78 Å². The zero-order valence-corrected chi connectivity index (χ0v) is 11.8. The lowest BCUT2D eigenvalue weighted by atomic mass is 9.80. The van der Waals surface area contributed by atoms with Gasteiger partial charge in [-0.15, -0.1) is 0 Å². The topological polar surface area (TPSA) is 72.9 Å². The van der Waals surface area contributed by atoms with Crippen LogP contribution in [0.1, 0.15) is 5.56 Å². The van der Waals surface area contributed by atoms with Crippen molar-refractivity contribution in [2.24, 2.45) is 0 Å². The van der Waals surface area contributed by atoms with Crippen LogP contribution in [0.2, 0.25) is 6.32 Å². The first-order valence-corrected chi connectivity index (χ1v) is 6.66. The van der Waals surface area contributed by atoms with Crippen LogP contribution in [-0.2, 0) is 30.1 Å². The zero-order valence-electron chi connectivity index (χ0n) is 11.8. The fourth-order valence-electron chi connectivity index (χ4n) is 2.05. The molecular formula is C14H16BNO5. The van der Waals surface area contributed by atoms with Crippen LogP contribution in [-0.4, -0.2) is 49.9 Å². The standard InChI is InChI=1S/C14H16BNO5/c1-16-9-13(18)20-15(21-14(19)10-16)8-12(17)7-11-5-3-2-4-6-11/h2-6H,7-10H2,1H3. The fourth-order valence-corrected chi connectivity index (χ4v) is 2.05. The molecule has 0 atom stereocenters. The molecule has 1 aliphatic heterocycles. The summed E-state index contributed by atoms with van der Waals surface area (Å²) in [5, 5.41) is 0. The smallest absolute Gasteiger partial charge is 0.498 e. The van der Waals surface area contributed by atoms with Gasteiger partial charge in [-0.1, -0.05) is 30.3 Å². The Hall–Kier alpha value is -2.15. The van der Waals surface area contributed by atoms with Crippen LogP contribution < -0.4 is 0 Å². The largest absolute Gasteiger partial charge is 0.606 e. The van der Waals surface area contributed by atoms with E-state index in [1.807, 2.05) is 30.3 Å². The van der Waals surface area contributed by atoms with E-state index in [9.17, 15) is 14.4 Å². The number of hydrogen-bond acceptors (Lipinski definition) is 6. The third-order valence-electron chi connectivity index (χ3n) is 2.96. The molecular weight excluding hydrogens is 273 g/mol. The van der Waals surface area contributed by atoms with Gasteiger partial charge >= 0.3 is 19.1 Å². The van der Waals surface area contributed by atoms with E-state index in [-0.39, 0.29) is 31.6 Å². The lowest BCUT2D eigenvalue weighted by Crippen LogP contribution is -2.43. The second kappa shape index (κ2) is 7.03. The highest BCUT2D eigenvalue weighted by atomic mass is 16.6. The van der Waals surface area contributed by atoms with Gasteiger partial charge in [-0.25, -0.2) is 0 Å². The van der Waals surface area contributed by atoms with E-state index >= 15 is 0 Å². The predicted octanol–water partition coefficient (Wildman–Crippen LogP) is 0.318. The summed E-state index contributed by atoms with van der Waals surface area (Å²) in [5.74, 6) is -1.18. The number of likely N-dealkylation sites (N-methyl/N-ethyl adjacent to an activating group) is 1. The van der Waals surface area contributed by atoms with Gasteiger partial charge in [0.2, 0.25) is 0 Å². The maximum Gasteiger partial charge on any atom is 0.606 e. The van der Waals surface area contributed by atoms with Crippen LogP contribution in [0.5, 0.6) is 0 Å². The molecule has 0 aliphatic carbocycles. The minimum Gasteiger partial charge on any atom is -0.498 e. The molecule has 7 heteroatoms. The normalized spacial score (nSPS) is 16.7. The maximum atomic E-state index is 12.0. The molecule has 0 N–H and O–H groups in total. The van der Waals surface area contributed by atoms with E-state index in [4.69, 9.17) is 9.31 Å². The van der Waals surface area contributed by atoms with Crippen molar-refractivity contribution in [1.82, 2.24) is 4.90 Å². The number of carbonyl (C=O) groups is 3. The Bertz CT molecular complexity index is 513. The number of rotatable bonds is 4. The van der Waals surface area contributed by atoms with E-state index < -0.39 is 19.1 Å². The van der Waals surface area contributed by atoms with E-state index in [1.165, 1.54) is 4.90 Å². The van der Waals surface area contributed by atoms with Crippen molar-refractivity contribution in [2.75, 3.05) is 20.1 Å². The molecule has 1 saturated heterocycles. The number of Topliss-reactive ketones (excluding diaryl/α,β-unsaturated/α-hetero) is 1. The molecule has 0 saturated carbocycles. The van der Waals surface area contributed by atoms with Crippen LogP contribution in [0.25, 0.3) is 0 Å². The van der Waals surface area contributed by atoms with Crippen LogP contribution in [0.15, 0.2) is 30.3 Å². The van der Waals surface area contributed by atoms with Gasteiger partial charge in [0.25, 0.3) is 0 Å². The van der Waals surface area contributed by atoms with Crippen LogP contribution in [0.4, 0.5) is 0 Å². The molecule has 1 fully saturated rings. The summed E-state index contributed by atoms with van der Waals surface area (Å²) < 4.78 is 9.99. The number of carbonyl (C=O) groups excluding carboxylic acids is 3. The first kappa shape index (κ1) is 15.2. The molecule has 0 radical (unpaired) electrons. The molecule has 2 rings (SSSR count). The molecule has 21 heavy (non-hydrogen) atoms. The van der Waals surface area contributed by atoms with Crippen LogP contribution in [0, 0.1) is 0 Å². The second-order valence-electron chi connectivity index (χ2n) is 4.99. The first-order chi connectivity index (χ1) is 10.0. The van der Waals surface area contributed by atoms with Crippen LogP contribution >= 0.6 is 0 Å². The van der Waals surface area contributed by atoms with Gasteiger partial charge in [-0.2, -0.15) is 0 Å². The quantitative estimate of drug-likeness (QED) is 0.743. The third kappa shape index (κ3) is 5.04. The monoisotopic (exact) mass is 289 g/mol.